The lowest BCUT2D eigenvalue weighted by atomic mass is 9.99. The van der Waals surface area contributed by atoms with E-state index in [1.165, 1.54) is 13.8 Å². The van der Waals surface area contributed by atoms with Crippen molar-refractivity contribution in [2.45, 2.75) is 38.5 Å². The average molecular weight is 510 g/mol. The number of aromatic nitrogens is 1. The molecule has 0 radical (unpaired) electrons. The number of aryl methyl sites for hydroxylation is 3. The molecule has 0 unspecified atom stereocenters. The minimum Gasteiger partial charge on any atom is -0.236 e. The summed E-state index contributed by atoms with van der Waals surface area (Å²) in [5, 5.41) is 0.860. The van der Waals surface area contributed by atoms with E-state index < -0.39 is 34.6 Å². The first-order valence-electron chi connectivity index (χ1n) is 10.3. The molecule has 0 atom stereocenters. The van der Waals surface area contributed by atoms with Gasteiger partial charge in [0.1, 0.15) is 5.01 Å². The van der Waals surface area contributed by atoms with Gasteiger partial charge < -0.3 is 0 Å². The fraction of sp³-hybridized carbons (Fsp3) is 0.240. The van der Waals surface area contributed by atoms with Crippen molar-refractivity contribution in [3.05, 3.63) is 75.1 Å². The molecule has 0 saturated carbocycles. The Labute approximate surface area is 199 Å². The number of thiophene rings is 1. The summed E-state index contributed by atoms with van der Waals surface area (Å²) in [6, 6.07) is 13.7. The number of benzene rings is 2. The van der Waals surface area contributed by atoms with E-state index in [4.69, 9.17) is 0 Å². The Balaban J connectivity index is 1.85. The lowest BCUT2D eigenvalue weighted by Crippen LogP contribution is -2.48. The third kappa shape index (κ3) is 3.02. The molecule has 34 heavy (non-hydrogen) atoms. The lowest BCUT2D eigenvalue weighted by Gasteiger charge is -2.25. The Morgan fingerprint density at radius 3 is 2.09 bits per heavy atom. The van der Waals surface area contributed by atoms with Crippen molar-refractivity contribution >= 4 is 43.9 Å². The van der Waals surface area contributed by atoms with Crippen LogP contribution < -0.4 is 0 Å². The highest BCUT2D eigenvalue weighted by molar-refractivity contribution is 7.20. The van der Waals surface area contributed by atoms with Gasteiger partial charge in [-0.1, -0.05) is 48.0 Å². The standard InChI is InChI=1S/C25H17F6NS2/c1-12-9-10-17-16(11-12)13(2)21(34-17)19-18(23(26,27)25(30,31)24(19,28)29)20-14(3)33-22(32-20)15-7-5-4-6-8-15/h4-11H,1-3H3. The Bertz CT molecular complexity index is 1460. The van der Waals surface area contributed by atoms with Crippen LogP contribution in [0.2, 0.25) is 0 Å². The van der Waals surface area contributed by atoms with Gasteiger partial charge in [-0.2, -0.15) is 26.3 Å². The van der Waals surface area contributed by atoms with E-state index in [-0.39, 0.29) is 20.3 Å². The summed E-state index contributed by atoms with van der Waals surface area (Å²) in [7, 11) is 0. The quantitative estimate of drug-likeness (QED) is 0.252. The molecule has 5 rings (SSSR count). The smallest absolute Gasteiger partial charge is 0.236 e. The summed E-state index contributed by atoms with van der Waals surface area (Å²) >= 11 is 1.81. The van der Waals surface area contributed by atoms with Crippen LogP contribution in [0, 0.1) is 20.8 Å². The molecule has 0 N–H and O–H groups in total. The molecule has 1 nitrogen and oxygen atoms in total. The summed E-state index contributed by atoms with van der Waals surface area (Å²) in [5.74, 6) is -15.8. The van der Waals surface area contributed by atoms with Crippen LogP contribution in [0.5, 0.6) is 0 Å². The number of halogens is 6. The van der Waals surface area contributed by atoms with Crippen LogP contribution in [0.1, 0.15) is 26.6 Å². The molecule has 176 valence electrons. The van der Waals surface area contributed by atoms with E-state index in [1.807, 2.05) is 0 Å². The fourth-order valence-corrected chi connectivity index (χ4v) is 6.45. The van der Waals surface area contributed by atoms with Gasteiger partial charge in [0, 0.05) is 20.0 Å². The van der Waals surface area contributed by atoms with Gasteiger partial charge in [0.15, 0.2) is 0 Å². The van der Waals surface area contributed by atoms with Crippen molar-refractivity contribution in [2.75, 3.05) is 0 Å². The van der Waals surface area contributed by atoms with Gasteiger partial charge in [-0.25, -0.2) is 4.98 Å². The number of rotatable bonds is 3. The molecule has 1 aliphatic carbocycles. The highest BCUT2D eigenvalue weighted by Crippen LogP contribution is 2.66. The van der Waals surface area contributed by atoms with Gasteiger partial charge in [-0.05, 0) is 37.8 Å². The van der Waals surface area contributed by atoms with Crippen LogP contribution in [-0.2, 0) is 0 Å². The lowest BCUT2D eigenvalue weighted by molar-refractivity contribution is -0.254. The van der Waals surface area contributed by atoms with Crippen molar-refractivity contribution in [1.29, 1.82) is 0 Å². The Morgan fingerprint density at radius 1 is 0.765 bits per heavy atom. The van der Waals surface area contributed by atoms with Crippen LogP contribution in [0.4, 0.5) is 26.3 Å². The Hall–Kier alpha value is -2.65. The van der Waals surface area contributed by atoms with Crippen LogP contribution in [0.25, 0.3) is 31.8 Å². The summed E-state index contributed by atoms with van der Waals surface area (Å²) in [6.07, 6.45) is 0. The summed E-state index contributed by atoms with van der Waals surface area (Å²) in [6.45, 7) is 4.72. The maximum absolute atomic E-state index is 15.2. The molecule has 2 aromatic carbocycles. The van der Waals surface area contributed by atoms with Crippen molar-refractivity contribution < 1.29 is 26.3 Å². The highest BCUT2D eigenvalue weighted by Gasteiger charge is 2.81. The molecule has 4 aromatic rings. The van der Waals surface area contributed by atoms with Gasteiger partial charge in [0.25, 0.3) is 0 Å². The van der Waals surface area contributed by atoms with Crippen LogP contribution in [0.15, 0.2) is 48.5 Å². The van der Waals surface area contributed by atoms with Crippen molar-refractivity contribution in [1.82, 2.24) is 4.98 Å². The summed E-state index contributed by atoms with van der Waals surface area (Å²) in [4.78, 5) is 4.07. The second kappa shape index (κ2) is 7.42. The van der Waals surface area contributed by atoms with E-state index >= 15 is 17.6 Å². The van der Waals surface area contributed by atoms with Crippen LogP contribution >= 0.6 is 22.7 Å². The van der Waals surface area contributed by atoms with E-state index in [9.17, 15) is 8.78 Å². The fourth-order valence-electron chi connectivity index (χ4n) is 4.25. The third-order valence-electron chi connectivity index (χ3n) is 6.04. The first-order chi connectivity index (χ1) is 15.9. The van der Waals surface area contributed by atoms with Gasteiger partial charge >= 0.3 is 17.8 Å². The molecule has 0 amide bonds. The molecule has 1 aliphatic rings. The molecule has 2 heterocycles. The Morgan fingerprint density at radius 2 is 1.41 bits per heavy atom. The molecule has 9 heteroatoms. The topological polar surface area (TPSA) is 12.9 Å². The van der Waals surface area contributed by atoms with Crippen molar-refractivity contribution in [3.63, 3.8) is 0 Å². The predicted molar refractivity (Wildman–Crippen MR) is 125 cm³/mol. The van der Waals surface area contributed by atoms with Gasteiger partial charge in [0.05, 0.1) is 16.8 Å². The zero-order valence-electron chi connectivity index (χ0n) is 18.2. The number of nitrogens with zero attached hydrogens (tertiary/aromatic N) is 1. The number of allylic oxidation sites excluding steroid dienone is 2. The largest absolute Gasteiger partial charge is 0.380 e. The number of fused-ring (bicyclic) bond motifs is 1. The SMILES string of the molecule is Cc1ccc2sc(C3=C(c4nc(-c5ccccc5)sc4C)C(F)(F)C(F)(F)C3(F)F)c(C)c2c1. The van der Waals surface area contributed by atoms with E-state index in [2.05, 4.69) is 4.98 Å². The zero-order valence-corrected chi connectivity index (χ0v) is 19.8. The number of hydrogen-bond donors (Lipinski definition) is 0. The second-order valence-electron chi connectivity index (χ2n) is 8.32. The van der Waals surface area contributed by atoms with Gasteiger partial charge in [0.2, 0.25) is 0 Å². The summed E-state index contributed by atoms with van der Waals surface area (Å²) < 4.78 is 91.0. The normalized spacial score (nSPS) is 18.7. The van der Waals surface area contributed by atoms with E-state index in [0.717, 1.165) is 28.2 Å². The first kappa shape index (κ1) is 23.1. The zero-order chi connectivity index (χ0) is 24.6. The predicted octanol–water partition coefficient (Wildman–Crippen LogP) is 8.78. The maximum Gasteiger partial charge on any atom is 0.380 e. The average Bonchev–Trinajstić information content (AvgIpc) is 3.34. The molecular weight excluding hydrogens is 492 g/mol. The van der Waals surface area contributed by atoms with E-state index in [1.54, 1.807) is 55.5 Å². The van der Waals surface area contributed by atoms with Crippen LogP contribution in [-0.4, -0.2) is 22.8 Å². The first-order valence-corrected chi connectivity index (χ1v) is 11.9. The van der Waals surface area contributed by atoms with Gasteiger partial charge in [-0.3, -0.25) is 0 Å². The molecule has 0 spiro atoms. The molecule has 0 bridgehead atoms. The number of thiazole rings is 1. The maximum atomic E-state index is 15.2. The Kier molecular flexibility index (Phi) is 5.04. The molecule has 0 saturated heterocycles. The van der Waals surface area contributed by atoms with Crippen LogP contribution in [0.3, 0.4) is 0 Å². The van der Waals surface area contributed by atoms with Crippen molar-refractivity contribution in [3.8, 4) is 10.6 Å². The molecule has 2 aromatic heterocycles. The summed E-state index contributed by atoms with van der Waals surface area (Å²) in [5.41, 5.74) is -1.57. The molecular formula is C25H17F6NS2. The molecule has 0 aliphatic heterocycles. The highest BCUT2D eigenvalue weighted by atomic mass is 32.1. The minimum atomic E-state index is -5.60. The van der Waals surface area contributed by atoms with Gasteiger partial charge in [-0.15, -0.1) is 22.7 Å². The minimum absolute atomic E-state index is 0.161. The third-order valence-corrected chi connectivity index (χ3v) is 8.35. The number of hydrogen-bond acceptors (Lipinski definition) is 3. The molecule has 0 fully saturated rings. The second-order valence-corrected chi connectivity index (χ2v) is 10.6. The van der Waals surface area contributed by atoms with E-state index in [0.29, 0.717) is 15.6 Å². The van der Waals surface area contributed by atoms with Crippen molar-refractivity contribution in [2.24, 2.45) is 0 Å². The monoisotopic (exact) mass is 509 g/mol. The number of alkyl halides is 6.